The second-order valence-corrected chi connectivity index (χ2v) is 17.7. The van der Waals surface area contributed by atoms with Crippen LogP contribution in [0.2, 0.25) is 0 Å². The number of para-hydroxylation sites is 1. The summed E-state index contributed by atoms with van der Waals surface area (Å²) in [6.45, 7) is 0. The molecular weight excluding hydrogens is 781 g/mol. The lowest BCUT2D eigenvalue weighted by molar-refractivity contribution is 1.08. The first-order valence-electron chi connectivity index (χ1n) is 20.4. The molecule has 61 heavy (non-hydrogen) atoms. The van der Waals surface area contributed by atoms with Crippen LogP contribution >= 0.6 is 22.7 Å². The summed E-state index contributed by atoms with van der Waals surface area (Å²) in [5.41, 5.74) is 8.58. The summed E-state index contributed by atoms with van der Waals surface area (Å²) in [5.74, 6) is 1.93. The normalized spacial score (nSPS) is 11.9. The molecule has 4 nitrogen and oxygen atoms in total. The van der Waals surface area contributed by atoms with Gasteiger partial charge < -0.3 is 4.57 Å². The summed E-state index contributed by atoms with van der Waals surface area (Å²) in [6, 6.07) is 69.7. The Morgan fingerprint density at radius 1 is 0.344 bits per heavy atom. The Balaban J connectivity index is 1.11. The van der Waals surface area contributed by atoms with Crippen LogP contribution in [0.4, 0.5) is 0 Å². The van der Waals surface area contributed by atoms with Gasteiger partial charge in [-0.15, -0.1) is 22.7 Å². The second kappa shape index (κ2) is 13.5. The maximum atomic E-state index is 5.37. The van der Waals surface area contributed by atoms with Gasteiger partial charge in [-0.05, 0) is 65.4 Å². The molecule has 284 valence electrons. The molecule has 0 aliphatic rings. The third-order valence-electron chi connectivity index (χ3n) is 12.0. The molecule has 0 atom stereocenters. The van der Waals surface area contributed by atoms with Gasteiger partial charge in [0.25, 0.3) is 0 Å². The Bertz CT molecular complexity index is 3900. The maximum Gasteiger partial charge on any atom is 0.164 e. The van der Waals surface area contributed by atoms with Crippen molar-refractivity contribution in [3.8, 4) is 51.0 Å². The quantitative estimate of drug-likeness (QED) is 0.174. The molecular formula is C55H32N4S2. The van der Waals surface area contributed by atoms with E-state index in [2.05, 4.69) is 180 Å². The Labute approximate surface area is 358 Å². The van der Waals surface area contributed by atoms with Crippen molar-refractivity contribution in [2.24, 2.45) is 0 Å². The molecule has 4 aromatic heterocycles. The number of benzene rings is 9. The van der Waals surface area contributed by atoms with E-state index in [9.17, 15) is 0 Å². The standard InChI is InChI=1S/C55H32N4S2/c1-2-14-33(15-3-1)53-56-54(58-55(57-53)42-23-13-27-50-51(42)41-20-8-11-26-49(41)60-50)36-28-29-46(44(31-36)40-22-12-21-39-38-19-7-10-25-48(38)61-52(39)40)59-45-24-9-6-18-37(45)43-30-34-16-4-5-17-35(34)32-47(43)59/h1-32H. The lowest BCUT2D eigenvalue weighted by Gasteiger charge is -2.17. The van der Waals surface area contributed by atoms with Crippen molar-refractivity contribution in [1.82, 2.24) is 19.5 Å². The third kappa shape index (κ3) is 5.39. The molecule has 0 radical (unpaired) electrons. The van der Waals surface area contributed by atoms with Crippen molar-refractivity contribution < 1.29 is 0 Å². The highest BCUT2D eigenvalue weighted by Crippen LogP contribution is 2.45. The van der Waals surface area contributed by atoms with Gasteiger partial charge in [-0.3, -0.25) is 0 Å². The molecule has 9 aromatic carbocycles. The molecule has 0 aliphatic heterocycles. The fourth-order valence-corrected chi connectivity index (χ4v) is 11.6. The molecule has 6 heteroatoms. The molecule has 0 aliphatic carbocycles. The van der Waals surface area contributed by atoms with E-state index in [-0.39, 0.29) is 0 Å². The summed E-state index contributed by atoms with van der Waals surface area (Å²) < 4.78 is 7.44. The van der Waals surface area contributed by atoms with Gasteiger partial charge in [0.15, 0.2) is 17.5 Å². The minimum absolute atomic E-state index is 0.630. The van der Waals surface area contributed by atoms with Crippen LogP contribution in [0, 0.1) is 0 Å². The maximum absolute atomic E-state index is 5.37. The van der Waals surface area contributed by atoms with E-state index in [4.69, 9.17) is 15.0 Å². The lowest BCUT2D eigenvalue weighted by atomic mass is 9.98. The van der Waals surface area contributed by atoms with Crippen LogP contribution in [0.3, 0.4) is 0 Å². The van der Waals surface area contributed by atoms with Crippen LogP contribution in [0.15, 0.2) is 194 Å². The number of rotatable bonds is 5. The fourth-order valence-electron chi connectivity index (χ4n) is 9.26. The van der Waals surface area contributed by atoms with E-state index in [0.717, 1.165) is 33.5 Å². The molecule has 0 saturated carbocycles. The summed E-state index contributed by atoms with van der Waals surface area (Å²) in [4.78, 5) is 15.8. The first kappa shape index (κ1) is 34.4. The molecule has 0 spiro atoms. The van der Waals surface area contributed by atoms with Crippen LogP contribution in [-0.2, 0) is 0 Å². The topological polar surface area (TPSA) is 43.6 Å². The Hall–Kier alpha value is -7.51. The van der Waals surface area contributed by atoms with Crippen LogP contribution in [0.25, 0.3) is 124 Å². The van der Waals surface area contributed by atoms with Gasteiger partial charge in [-0.1, -0.05) is 140 Å². The molecule has 13 rings (SSSR count). The van der Waals surface area contributed by atoms with E-state index < -0.39 is 0 Å². The summed E-state index contributed by atoms with van der Waals surface area (Å²) >= 11 is 3.66. The predicted octanol–water partition coefficient (Wildman–Crippen LogP) is 15.5. The van der Waals surface area contributed by atoms with Crippen LogP contribution in [-0.4, -0.2) is 19.5 Å². The largest absolute Gasteiger partial charge is 0.309 e. The van der Waals surface area contributed by atoms with E-state index >= 15 is 0 Å². The van der Waals surface area contributed by atoms with Crippen molar-refractivity contribution in [2.75, 3.05) is 0 Å². The summed E-state index contributed by atoms with van der Waals surface area (Å²) in [7, 11) is 0. The molecule has 13 aromatic rings. The molecule has 0 saturated heterocycles. The van der Waals surface area contributed by atoms with Crippen molar-refractivity contribution in [3.63, 3.8) is 0 Å². The minimum Gasteiger partial charge on any atom is -0.309 e. The smallest absolute Gasteiger partial charge is 0.164 e. The fraction of sp³-hybridized carbons (Fsp3) is 0. The number of nitrogens with zero attached hydrogens (tertiary/aromatic N) is 4. The molecule has 0 N–H and O–H groups in total. The average molecular weight is 813 g/mol. The summed E-state index contributed by atoms with van der Waals surface area (Å²) in [5, 5.41) is 9.81. The average Bonchev–Trinajstić information content (AvgIpc) is 4.00. The predicted molar refractivity (Wildman–Crippen MR) is 259 cm³/mol. The van der Waals surface area contributed by atoms with Crippen molar-refractivity contribution in [3.05, 3.63) is 194 Å². The Morgan fingerprint density at radius 2 is 0.967 bits per heavy atom. The van der Waals surface area contributed by atoms with Gasteiger partial charge in [0, 0.05) is 78.9 Å². The number of fused-ring (bicyclic) bond motifs is 10. The van der Waals surface area contributed by atoms with Gasteiger partial charge in [0.1, 0.15) is 0 Å². The first-order chi connectivity index (χ1) is 30.2. The monoisotopic (exact) mass is 812 g/mol. The van der Waals surface area contributed by atoms with Gasteiger partial charge >= 0.3 is 0 Å². The first-order valence-corrected chi connectivity index (χ1v) is 22.1. The van der Waals surface area contributed by atoms with Crippen LogP contribution in [0.1, 0.15) is 0 Å². The third-order valence-corrected chi connectivity index (χ3v) is 14.4. The number of hydrogen-bond donors (Lipinski definition) is 0. The van der Waals surface area contributed by atoms with Crippen LogP contribution in [0.5, 0.6) is 0 Å². The molecule has 4 heterocycles. The molecule has 0 fully saturated rings. The van der Waals surface area contributed by atoms with Gasteiger partial charge in [0.2, 0.25) is 0 Å². The van der Waals surface area contributed by atoms with Gasteiger partial charge in [-0.2, -0.15) is 0 Å². The molecule has 0 unspecified atom stereocenters. The number of thiophene rings is 2. The van der Waals surface area contributed by atoms with Crippen molar-refractivity contribution in [1.29, 1.82) is 0 Å². The molecule has 0 bridgehead atoms. The van der Waals surface area contributed by atoms with Crippen LogP contribution < -0.4 is 0 Å². The number of aromatic nitrogens is 4. The Kier molecular flexibility index (Phi) is 7.61. The zero-order valence-corrected chi connectivity index (χ0v) is 34.2. The minimum atomic E-state index is 0.630. The molecule has 0 amide bonds. The van der Waals surface area contributed by atoms with E-state index in [1.54, 1.807) is 11.3 Å². The van der Waals surface area contributed by atoms with Crippen molar-refractivity contribution >= 4 is 95.6 Å². The lowest BCUT2D eigenvalue weighted by Crippen LogP contribution is -2.02. The van der Waals surface area contributed by atoms with Crippen molar-refractivity contribution in [2.45, 2.75) is 0 Å². The Morgan fingerprint density at radius 3 is 1.82 bits per heavy atom. The highest BCUT2D eigenvalue weighted by molar-refractivity contribution is 7.26. The second-order valence-electron chi connectivity index (χ2n) is 15.5. The zero-order chi connectivity index (χ0) is 40.0. The highest BCUT2D eigenvalue weighted by Gasteiger charge is 2.22. The summed E-state index contributed by atoms with van der Waals surface area (Å²) in [6.07, 6.45) is 0. The highest BCUT2D eigenvalue weighted by atomic mass is 32.1. The van der Waals surface area contributed by atoms with E-state index in [0.29, 0.717) is 17.5 Å². The SMILES string of the molecule is c1ccc(-c2nc(-c3ccc(-n4c5ccccc5c5cc6ccccc6cc54)c(-c4cccc5c4sc4ccccc45)c3)nc(-c3cccc4sc5ccccc5c34)n2)cc1. The van der Waals surface area contributed by atoms with E-state index in [1.165, 1.54) is 73.0 Å². The van der Waals surface area contributed by atoms with Gasteiger partial charge in [-0.25, -0.2) is 15.0 Å². The zero-order valence-electron chi connectivity index (χ0n) is 32.6. The van der Waals surface area contributed by atoms with E-state index in [1.807, 2.05) is 29.5 Å². The number of hydrogen-bond acceptors (Lipinski definition) is 5. The van der Waals surface area contributed by atoms with Gasteiger partial charge in [0.05, 0.1) is 16.7 Å².